The van der Waals surface area contributed by atoms with Gasteiger partial charge in [0.1, 0.15) is 17.2 Å². The third-order valence-corrected chi connectivity index (χ3v) is 6.83. The summed E-state index contributed by atoms with van der Waals surface area (Å²) in [6.45, 7) is 1.80. The van der Waals surface area contributed by atoms with Crippen LogP contribution in [-0.4, -0.2) is 48.1 Å². The van der Waals surface area contributed by atoms with Crippen LogP contribution in [0.5, 0.6) is 17.2 Å². The minimum atomic E-state index is -3.30. The quantitative estimate of drug-likeness (QED) is 0.0631. The van der Waals surface area contributed by atoms with Gasteiger partial charge in [-0.05, 0) is 85.3 Å². The van der Waals surface area contributed by atoms with Crippen molar-refractivity contribution in [2.75, 3.05) is 42.2 Å². The van der Waals surface area contributed by atoms with Crippen LogP contribution in [0.15, 0.2) is 95.9 Å². The number of methoxy groups -OCH3 is 1. The van der Waals surface area contributed by atoms with Crippen molar-refractivity contribution >= 4 is 51.8 Å². The molecule has 0 radical (unpaired) electrons. The molecule has 0 aliphatic rings. The summed E-state index contributed by atoms with van der Waals surface area (Å²) in [5.74, 6) is 2.10. The fourth-order valence-corrected chi connectivity index (χ4v) is 4.49. The Bertz CT molecular complexity index is 1680. The predicted octanol–water partition coefficient (Wildman–Crippen LogP) is 3.27. The second-order valence-electron chi connectivity index (χ2n) is 9.22. The maximum absolute atomic E-state index is 11.4. The molecule has 8 N–H and O–H groups in total. The third kappa shape index (κ3) is 13.9. The summed E-state index contributed by atoms with van der Waals surface area (Å²) in [7, 11) is -0.213. The Hall–Kier alpha value is -6.04. The van der Waals surface area contributed by atoms with Gasteiger partial charge in [0.25, 0.3) is 0 Å². The number of rotatable bonds is 16. The molecule has 0 heterocycles. The molecule has 0 aliphatic carbocycles. The standard InChI is InChI=1S/C14H16N4O3.C9H12N2O3S.C8H10N2O2/c1-20-18-17-12-4-8-14(9-5-12)21-13-6-2-11(3-7-13)16-15-10-19;1-7-3-4-8(11-10-6-12)9(5-7)15(2,13)14;1-12-8-5-3-2-4-7(8)10-9-6-11/h2-10,16-18H,1H3,(H,15,19);3-6,11H,1-2H3,(H,10,12);2-6,10H,1H3,(H,9,11). The minimum absolute atomic E-state index is 0.164. The van der Waals surface area contributed by atoms with Crippen molar-refractivity contribution in [3.8, 4) is 17.2 Å². The van der Waals surface area contributed by atoms with Crippen molar-refractivity contribution in [3.63, 3.8) is 0 Å². The fourth-order valence-electron chi connectivity index (χ4n) is 3.57. The zero-order valence-electron chi connectivity index (χ0n) is 26.6. The maximum atomic E-state index is 11.4. The van der Waals surface area contributed by atoms with Crippen LogP contribution in [0.25, 0.3) is 0 Å². The number of aryl methyl sites for hydroxylation is 1. The summed E-state index contributed by atoms with van der Waals surface area (Å²) < 4.78 is 33.5. The molecule has 0 aromatic heterocycles. The van der Waals surface area contributed by atoms with Gasteiger partial charge in [0.2, 0.25) is 19.2 Å². The highest BCUT2D eigenvalue weighted by Gasteiger charge is 2.13. The second kappa shape index (κ2) is 20.9. The van der Waals surface area contributed by atoms with E-state index >= 15 is 0 Å². The molecule has 16 nitrogen and oxygen atoms in total. The van der Waals surface area contributed by atoms with Gasteiger partial charge in [0, 0.05) is 6.26 Å². The van der Waals surface area contributed by atoms with Crippen LogP contribution in [0.2, 0.25) is 0 Å². The van der Waals surface area contributed by atoms with Crippen LogP contribution >= 0.6 is 0 Å². The van der Waals surface area contributed by atoms with E-state index in [2.05, 4.69) is 48.4 Å². The monoisotopic (exact) mass is 682 g/mol. The van der Waals surface area contributed by atoms with E-state index in [1.807, 2.05) is 36.4 Å². The summed E-state index contributed by atoms with van der Waals surface area (Å²) >= 11 is 0. The Balaban J connectivity index is 0.000000262. The van der Waals surface area contributed by atoms with Crippen molar-refractivity contribution in [1.82, 2.24) is 21.9 Å². The Kier molecular flexibility index (Phi) is 16.6. The number of amides is 3. The summed E-state index contributed by atoms with van der Waals surface area (Å²) in [5.41, 5.74) is 23.7. The zero-order chi connectivity index (χ0) is 35.2. The van der Waals surface area contributed by atoms with Gasteiger partial charge >= 0.3 is 0 Å². The first kappa shape index (κ1) is 38.1. The lowest BCUT2D eigenvalue weighted by Crippen LogP contribution is -2.20. The van der Waals surface area contributed by atoms with Gasteiger partial charge in [-0.15, -0.1) is 5.59 Å². The average molecular weight is 683 g/mol. The lowest BCUT2D eigenvalue weighted by Gasteiger charge is -2.09. The molecule has 48 heavy (non-hydrogen) atoms. The lowest BCUT2D eigenvalue weighted by molar-refractivity contribution is -0.109. The van der Waals surface area contributed by atoms with Crippen LogP contribution in [0.3, 0.4) is 0 Å². The van der Waals surface area contributed by atoms with Crippen molar-refractivity contribution in [3.05, 3.63) is 96.6 Å². The van der Waals surface area contributed by atoms with E-state index in [0.29, 0.717) is 42.2 Å². The van der Waals surface area contributed by atoms with Gasteiger partial charge in [-0.3, -0.25) is 57.2 Å². The molecule has 0 bridgehead atoms. The Morgan fingerprint density at radius 1 is 0.625 bits per heavy atom. The number of anilines is 4. The van der Waals surface area contributed by atoms with Gasteiger partial charge in [-0.1, -0.05) is 18.2 Å². The van der Waals surface area contributed by atoms with Crippen molar-refractivity contribution < 1.29 is 37.1 Å². The number of ether oxygens (including phenoxy) is 2. The predicted molar refractivity (Wildman–Crippen MR) is 182 cm³/mol. The number of hydrogen-bond donors (Lipinski definition) is 8. The summed E-state index contributed by atoms with van der Waals surface area (Å²) in [5, 5.41) is 0. The number of hydrogen-bond acceptors (Lipinski definition) is 13. The van der Waals surface area contributed by atoms with Crippen LogP contribution in [0.1, 0.15) is 5.56 Å². The zero-order valence-corrected chi connectivity index (χ0v) is 27.4. The maximum Gasteiger partial charge on any atom is 0.225 e. The summed E-state index contributed by atoms with van der Waals surface area (Å²) in [6, 6.07) is 26.8. The Morgan fingerprint density at radius 2 is 1.15 bits per heavy atom. The smallest absolute Gasteiger partial charge is 0.225 e. The molecule has 0 fully saturated rings. The van der Waals surface area contributed by atoms with Crippen LogP contribution in [0, 0.1) is 6.92 Å². The topological polar surface area (TPSA) is 209 Å². The molecule has 0 saturated carbocycles. The van der Waals surface area contributed by atoms with Crippen molar-refractivity contribution in [2.45, 2.75) is 11.8 Å². The van der Waals surface area contributed by atoms with E-state index in [-0.39, 0.29) is 4.90 Å². The molecular weight excluding hydrogens is 644 g/mol. The lowest BCUT2D eigenvalue weighted by atomic mass is 10.2. The molecule has 0 saturated heterocycles. The van der Waals surface area contributed by atoms with Crippen LogP contribution < -0.4 is 53.0 Å². The molecule has 3 amide bonds. The van der Waals surface area contributed by atoms with E-state index in [0.717, 1.165) is 28.9 Å². The summed E-state index contributed by atoms with van der Waals surface area (Å²) in [6.07, 6.45) is 2.69. The number of nitrogens with one attached hydrogen (secondary N) is 8. The van der Waals surface area contributed by atoms with Gasteiger partial charge in [0.15, 0.2) is 9.84 Å². The molecule has 0 aliphatic heterocycles. The van der Waals surface area contributed by atoms with E-state index in [9.17, 15) is 22.8 Å². The fraction of sp³-hybridized carbons (Fsp3) is 0.129. The summed E-state index contributed by atoms with van der Waals surface area (Å²) in [4.78, 5) is 35.1. The molecular formula is C31H38N8O8S. The van der Waals surface area contributed by atoms with Crippen molar-refractivity contribution in [2.24, 2.45) is 0 Å². The third-order valence-electron chi connectivity index (χ3n) is 5.69. The number of sulfone groups is 1. The number of hydrazine groups is 4. The molecule has 0 unspecified atom stereocenters. The van der Waals surface area contributed by atoms with E-state index < -0.39 is 9.84 Å². The van der Waals surface area contributed by atoms with Gasteiger partial charge in [-0.2, -0.15) is 0 Å². The average Bonchev–Trinajstić information content (AvgIpc) is 3.10. The van der Waals surface area contributed by atoms with Gasteiger partial charge in [-0.25, -0.2) is 8.42 Å². The normalized spacial score (nSPS) is 9.83. The molecule has 4 aromatic carbocycles. The second-order valence-corrected chi connectivity index (χ2v) is 11.2. The Labute approximate surface area is 278 Å². The molecule has 17 heteroatoms. The largest absolute Gasteiger partial charge is 0.495 e. The molecule has 0 spiro atoms. The molecule has 0 atom stereocenters. The molecule has 256 valence electrons. The van der Waals surface area contributed by atoms with Gasteiger partial charge in [0.05, 0.1) is 41.9 Å². The first-order valence-corrected chi connectivity index (χ1v) is 15.8. The molecule has 4 aromatic rings. The first-order chi connectivity index (χ1) is 23.1. The van der Waals surface area contributed by atoms with Crippen LogP contribution in [0.4, 0.5) is 22.7 Å². The SMILES string of the molecule is CONNc1ccc(Oc2ccc(NNC=O)cc2)cc1.COc1ccccc1NNC=O.Cc1ccc(NNC=O)c(S(C)(=O)=O)c1. The number of carbonyl (C=O) groups is 3. The van der Waals surface area contributed by atoms with Gasteiger partial charge < -0.3 is 9.47 Å². The van der Waals surface area contributed by atoms with E-state index in [4.69, 9.17) is 9.47 Å². The van der Waals surface area contributed by atoms with Crippen molar-refractivity contribution in [1.29, 1.82) is 0 Å². The highest BCUT2D eigenvalue weighted by atomic mass is 32.2. The first-order valence-electron chi connectivity index (χ1n) is 13.9. The van der Waals surface area contributed by atoms with E-state index in [1.165, 1.54) is 7.11 Å². The highest BCUT2D eigenvalue weighted by molar-refractivity contribution is 7.90. The number of carbonyl (C=O) groups excluding carboxylic acids is 3. The van der Waals surface area contributed by atoms with Crippen LogP contribution in [-0.2, 0) is 29.1 Å². The highest BCUT2D eigenvalue weighted by Crippen LogP contribution is 2.25. The number of benzene rings is 4. The minimum Gasteiger partial charge on any atom is -0.495 e. The molecule has 4 rings (SSSR count). The van der Waals surface area contributed by atoms with E-state index in [1.54, 1.807) is 68.6 Å². The number of para-hydroxylation sites is 2. The Morgan fingerprint density at radius 3 is 1.67 bits per heavy atom.